The van der Waals surface area contributed by atoms with E-state index in [1.54, 1.807) is 0 Å². The van der Waals surface area contributed by atoms with Crippen LogP contribution < -0.4 is 10.2 Å². The molecule has 0 bridgehead atoms. The van der Waals surface area contributed by atoms with Gasteiger partial charge in [0.15, 0.2) is 0 Å². The Labute approximate surface area is 118 Å². The lowest BCUT2D eigenvalue weighted by Gasteiger charge is -2.21. The summed E-state index contributed by atoms with van der Waals surface area (Å²) >= 11 is 0. The van der Waals surface area contributed by atoms with E-state index in [1.165, 1.54) is 63.0 Å². The Morgan fingerprint density at radius 1 is 1.00 bits per heavy atom. The monoisotopic (exact) mass is 260 g/mol. The molecule has 1 heterocycles. The topological polar surface area (TPSA) is 15.3 Å². The lowest BCUT2D eigenvalue weighted by Crippen LogP contribution is -2.19. The van der Waals surface area contributed by atoms with E-state index >= 15 is 0 Å². The molecule has 2 nitrogen and oxygen atoms in total. The van der Waals surface area contributed by atoms with E-state index in [0.29, 0.717) is 6.04 Å². The van der Waals surface area contributed by atoms with E-state index in [4.69, 9.17) is 0 Å². The lowest BCUT2D eigenvalue weighted by molar-refractivity contribution is 0.586. The molecule has 1 saturated heterocycles. The first kappa shape index (κ1) is 14.2. The van der Waals surface area contributed by atoms with Gasteiger partial charge in [-0.3, -0.25) is 0 Å². The first-order chi connectivity index (χ1) is 9.33. The van der Waals surface area contributed by atoms with E-state index in [1.807, 2.05) is 0 Å². The van der Waals surface area contributed by atoms with Crippen molar-refractivity contribution in [2.45, 2.75) is 58.4 Å². The minimum Gasteiger partial charge on any atom is -0.382 e. The van der Waals surface area contributed by atoms with Crippen molar-refractivity contribution in [3.8, 4) is 0 Å². The van der Waals surface area contributed by atoms with Gasteiger partial charge in [0, 0.05) is 30.5 Å². The number of rotatable bonds is 7. The van der Waals surface area contributed by atoms with E-state index < -0.39 is 0 Å². The van der Waals surface area contributed by atoms with Gasteiger partial charge < -0.3 is 10.2 Å². The second kappa shape index (κ2) is 7.42. The molecule has 0 aliphatic carbocycles. The van der Waals surface area contributed by atoms with Gasteiger partial charge in [-0.1, -0.05) is 26.7 Å². The fourth-order valence-electron chi connectivity index (χ4n) is 2.97. The summed E-state index contributed by atoms with van der Waals surface area (Å²) < 4.78 is 0. The molecule has 1 aromatic carbocycles. The molecule has 0 atom stereocenters. The number of anilines is 2. The van der Waals surface area contributed by atoms with E-state index in [9.17, 15) is 0 Å². The molecular formula is C17H28N2. The fraction of sp³-hybridized carbons (Fsp3) is 0.647. The van der Waals surface area contributed by atoms with Gasteiger partial charge in [-0.2, -0.15) is 0 Å². The van der Waals surface area contributed by atoms with Crippen LogP contribution in [0.3, 0.4) is 0 Å². The van der Waals surface area contributed by atoms with Crippen LogP contribution in [0.1, 0.15) is 52.4 Å². The predicted molar refractivity (Wildman–Crippen MR) is 85.1 cm³/mol. The van der Waals surface area contributed by atoms with Crippen LogP contribution in [0, 0.1) is 0 Å². The first-order valence-electron chi connectivity index (χ1n) is 7.95. The highest BCUT2D eigenvalue weighted by molar-refractivity contribution is 5.55. The molecule has 2 heteroatoms. The second-order valence-corrected chi connectivity index (χ2v) is 5.66. The number of nitrogens with one attached hydrogen (secondary N) is 1. The van der Waals surface area contributed by atoms with Crippen molar-refractivity contribution in [2.75, 3.05) is 23.3 Å². The SMILES string of the molecule is CCCC(CCC)Nc1ccc(N2CCCC2)cc1. The van der Waals surface area contributed by atoms with Gasteiger partial charge in [0.1, 0.15) is 0 Å². The van der Waals surface area contributed by atoms with Crippen LogP contribution in [0.5, 0.6) is 0 Å². The average molecular weight is 260 g/mol. The summed E-state index contributed by atoms with van der Waals surface area (Å²) in [6, 6.07) is 9.65. The Bertz CT molecular complexity index is 346. The molecule has 0 spiro atoms. The van der Waals surface area contributed by atoms with Crippen molar-refractivity contribution in [1.82, 2.24) is 0 Å². The molecule has 2 rings (SSSR count). The van der Waals surface area contributed by atoms with Crippen LogP contribution in [0.2, 0.25) is 0 Å². The van der Waals surface area contributed by atoms with Crippen molar-refractivity contribution in [3.63, 3.8) is 0 Å². The highest BCUT2D eigenvalue weighted by atomic mass is 15.1. The summed E-state index contributed by atoms with van der Waals surface area (Å²) in [7, 11) is 0. The minimum atomic E-state index is 0.632. The zero-order chi connectivity index (χ0) is 13.5. The van der Waals surface area contributed by atoms with Crippen LogP contribution in [0.15, 0.2) is 24.3 Å². The van der Waals surface area contributed by atoms with Gasteiger partial charge in [0.05, 0.1) is 0 Å². The highest BCUT2D eigenvalue weighted by Crippen LogP contribution is 2.23. The van der Waals surface area contributed by atoms with Crippen molar-refractivity contribution < 1.29 is 0 Å². The fourth-order valence-corrected chi connectivity index (χ4v) is 2.97. The van der Waals surface area contributed by atoms with Crippen molar-refractivity contribution in [1.29, 1.82) is 0 Å². The molecule has 1 aromatic rings. The van der Waals surface area contributed by atoms with Crippen LogP contribution >= 0.6 is 0 Å². The predicted octanol–water partition coefficient (Wildman–Crippen LogP) is 4.67. The molecule has 0 radical (unpaired) electrons. The second-order valence-electron chi connectivity index (χ2n) is 5.66. The van der Waals surface area contributed by atoms with Gasteiger partial charge in [0.25, 0.3) is 0 Å². The normalized spacial score (nSPS) is 15.2. The lowest BCUT2D eigenvalue weighted by atomic mass is 10.1. The summed E-state index contributed by atoms with van der Waals surface area (Å²) in [5.74, 6) is 0. The highest BCUT2D eigenvalue weighted by Gasteiger charge is 2.12. The maximum absolute atomic E-state index is 3.68. The summed E-state index contributed by atoms with van der Waals surface area (Å²) in [5, 5.41) is 3.68. The summed E-state index contributed by atoms with van der Waals surface area (Å²) in [5.41, 5.74) is 2.65. The maximum atomic E-state index is 3.68. The molecule has 1 aliphatic heterocycles. The van der Waals surface area contributed by atoms with Crippen molar-refractivity contribution >= 4 is 11.4 Å². The number of hydrogen-bond donors (Lipinski definition) is 1. The van der Waals surface area contributed by atoms with Crippen LogP contribution in [0.4, 0.5) is 11.4 Å². The molecule has 0 amide bonds. The quantitative estimate of drug-likeness (QED) is 0.766. The number of benzene rings is 1. The molecule has 19 heavy (non-hydrogen) atoms. The van der Waals surface area contributed by atoms with Crippen LogP contribution in [-0.4, -0.2) is 19.1 Å². The molecule has 1 aliphatic rings. The third kappa shape index (κ3) is 4.15. The standard InChI is InChI=1S/C17H28N2/c1-3-7-15(8-4-2)18-16-9-11-17(12-10-16)19-13-5-6-14-19/h9-12,15,18H,3-8,13-14H2,1-2H3. The third-order valence-corrected chi connectivity index (χ3v) is 3.98. The zero-order valence-electron chi connectivity index (χ0n) is 12.5. The zero-order valence-corrected chi connectivity index (χ0v) is 12.5. The van der Waals surface area contributed by atoms with Crippen molar-refractivity contribution in [2.24, 2.45) is 0 Å². The minimum absolute atomic E-state index is 0.632. The van der Waals surface area contributed by atoms with Crippen molar-refractivity contribution in [3.05, 3.63) is 24.3 Å². The largest absolute Gasteiger partial charge is 0.382 e. The number of nitrogens with zero attached hydrogens (tertiary/aromatic N) is 1. The van der Waals surface area contributed by atoms with Gasteiger partial charge in [-0.25, -0.2) is 0 Å². The van der Waals surface area contributed by atoms with E-state index in [0.717, 1.165) is 0 Å². The molecule has 0 unspecified atom stereocenters. The summed E-state index contributed by atoms with van der Waals surface area (Å²) in [6.07, 6.45) is 7.72. The van der Waals surface area contributed by atoms with E-state index in [2.05, 4.69) is 48.3 Å². The first-order valence-corrected chi connectivity index (χ1v) is 7.95. The molecule has 0 aromatic heterocycles. The van der Waals surface area contributed by atoms with Crippen LogP contribution in [-0.2, 0) is 0 Å². The molecule has 1 N–H and O–H groups in total. The summed E-state index contributed by atoms with van der Waals surface area (Å²) in [4.78, 5) is 2.49. The third-order valence-electron chi connectivity index (χ3n) is 3.98. The maximum Gasteiger partial charge on any atom is 0.0367 e. The smallest absolute Gasteiger partial charge is 0.0367 e. The Hall–Kier alpha value is -1.18. The Kier molecular flexibility index (Phi) is 5.56. The van der Waals surface area contributed by atoms with Crippen LogP contribution in [0.25, 0.3) is 0 Å². The Morgan fingerprint density at radius 3 is 2.11 bits per heavy atom. The molecular weight excluding hydrogens is 232 g/mol. The Balaban J connectivity index is 1.93. The van der Waals surface area contributed by atoms with Gasteiger partial charge in [-0.15, -0.1) is 0 Å². The number of hydrogen-bond acceptors (Lipinski definition) is 2. The summed E-state index contributed by atoms with van der Waals surface area (Å²) in [6.45, 7) is 6.98. The molecule has 1 fully saturated rings. The Morgan fingerprint density at radius 2 is 1.58 bits per heavy atom. The van der Waals surface area contributed by atoms with Gasteiger partial charge in [-0.05, 0) is 49.9 Å². The molecule has 106 valence electrons. The van der Waals surface area contributed by atoms with E-state index in [-0.39, 0.29) is 0 Å². The van der Waals surface area contributed by atoms with Gasteiger partial charge in [0.2, 0.25) is 0 Å². The van der Waals surface area contributed by atoms with Gasteiger partial charge >= 0.3 is 0 Å². The average Bonchev–Trinajstić information content (AvgIpc) is 2.94. The molecule has 0 saturated carbocycles.